The van der Waals surface area contributed by atoms with E-state index in [2.05, 4.69) is 42.1 Å². The van der Waals surface area contributed by atoms with Gasteiger partial charge in [0, 0.05) is 16.6 Å². The molecule has 2 aromatic carbocycles. The van der Waals surface area contributed by atoms with Crippen LogP contribution in [0.15, 0.2) is 53.3 Å². The SMILES string of the molecule is O=C(NNc1ncnc(NCc2ccc3c(c2)OCO3)c1[N+](=O)[O-])c1ccc(Br)cc1. The van der Waals surface area contributed by atoms with Crippen molar-refractivity contribution >= 4 is 39.2 Å². The second-order valence-electron chi connectivity index (χ2n) is 6.30. The maximum atomic E-state index is 12.3. The van der Waals surface area contributed by atoms with E-state index in [4.69, 9.17) is 9.47 Å². The number of fused-ring (bicyclic) bond motifs is 1. The Balaban J connectivity index is 1.47. The predicted molar refractivity (Wildman–Crippen MR) is 114 cm³/mol. The van der Waals surface area contributed by atoms with Gasteiger partial charge >= 0.3 is 5.69 Å². The van der Waals surface area contributed by atoms with Crippen LogP contribution in [0.3, 0.4) is 0 Å². The van der Waals surface area contributed by atoms with Gasteiger partial charge in [-0.05, 0) is 42.0 Å². The number of hydrazine groups is 1. The molecule has 1 aliphatic heterocycles. The second-order valence-corrected chi connectivity index (χ2v) is 7.22. The summed E-state index contributed by atoms with van der Waals surface area (Å²) in [7, 11) is 0. The van der Waals surface area contributed by atoms with Crippen LogP contribution in [-0.4, -0.2) is 27.6 Å². The van der Waals surface area contributed by atoms with Gasteiger partial charge in [0.1, 0.15) is 6.33 Å². The van der Waals surface area contributed by atoms with Crippen molar-refractivity contribution in [3.63, 3.8) is 0 Å². The highest BCUT2D eigenvalue weighted by Gasteiger charge is 2.23. The molecule has 11 nitrogen and oxygen atoms in total. The number of aromatic nitrogens is 2. The smallest absolute Gasteiger partial charge is 0.354 e. The second kappa shape index (κ2) is 8.83. The zero-order valence-corrected chi connectivity index (χ0v) is 17.4. The molecule has 0 saturated heterocycles. The van der Waals surface area contributed by atoms with E-state index in [1.54, 1.807) is 36.4 Å². The van der Waals surface area contributed by atoms with E-state index in [1.807, 2.05) is 6.07 Å². The maximum absolute atomic E-state index is 12.3. The Bertz CT molecular complexity index is 1140. The summed E-state index contributed by atoms with van der Waals surface area (Å²) in [5, 5.41) is 14.6. The summed E-state index contributed by atoms with van der Waals surface area (Å²) >= 11 is 3.29. The van der Waals surface area contributed by atoms with E-state index >= 15 is 0 Å². The lowest BCUT2D eigenvalue weighted by atomic mass is 10.2. The Morgan fingerprint density at radius 1 is 1.10 bits per heavy atom. The highest BCUT2D eigenvalue weighted by atomic mass is 79.9. The third-order valence-electron chi connectivity index (χ3n) is 4.30. The molecule has 1 aliphatic rings. The van der Waals surface area contributed by atoms with Crippen molar-refractivity contribution in [2.45, 2.75) is 6.54 Å². The summed E-state index contributed by atoms with van der Waals surface area (Å²) in [5.74, 6) is 0.617. The fourth-order valence-corrected chi connectivity index (χ4v) is 3.06. The maximum Gasteiger partial charge on any atom is 0.354 e. The quantitative estimate of drug-likeness (QED) is 0.338. The van der Waals surface area contributed by atoms with Gasteiger partial charge in [-0.25, -0.2) is 9.97 Å². The molecule has 0 bridgehead atoms. The van der Waals surface area contributed by atoms with E-state index in [0.29, 0.717) is 17.1 Å². The summed E-state index contributed by atoms with van der Waals surface area (Å²) in [5.41, 5.74) is 5.68. The van der Waals surface area contributed by atoms with Crippen molar-refractivity contribution in [2.75, 3.05) is 17.5 Å². The fraction of sp³-hybridized carbons (Fsp3) is 0.105. The van der Waals surface area contributed by atoms with E-state index in [0.717, 1.165) is 16.4 Å². The van der Waals surface area contributed by atoms with E-state index in [-0.39, 0.29) is 25.0 Å². The first-order chi connectivity index (χ1) is 15.0. The summed E-state index contributed by atoms with van der Waals surface area (Å²) < 4.78 is 11.4. The van der Waals surface area contributed by atoms with Crippen molar-refractivity contribution in [1.29, 1.82) is 0 Å². The van der Waals surface area contributed by atoms with Gasteiger partial charge in [0.25, 0.3) is 5.91 Å². The topological polar surface area (TPSA) is 141 Å². The van der Waals surface area contributed by atoms with Crippen LogP contribution >= 0.6 is 15.9 Å². The van der Waals surface area contributed by atoms with Crippen LogP contribution in [-0.2, 0) is 6.54 Å². The largest absolute Gasteiger partial charge is 0.454 e. The number of hydrogen-bond donors (Lipinski definition) is 3. The molecule has 0 spiro atoms. The van der Waals surface area contributed by atoms with E-state index < -0.39 is 16.5 Å². The Labute approximate surface area is 184 Å². The average Bonchev–Trinajstić information content (AvgIpc) is 3.24. The number of hydrogen-bond acceptors (Lipinski definition) is 9. The first-order valence-corrected chi connectivity index (χ1v) is 9.74. The number of nitrogens with zero attached hydrogens (tertiary/aromatic N) is 3. The average molecular weight is 487 g/mol. The van der Waals surface area contributed by atoms with Gasteiger partial charge in [-0.1, -0.05) is 22.0 Å². The third kappa shape index (κ3) is 4.64. The number of carbonyl (C=O) groups is 1. The molecule has 4 rings (SSSR count). The normalized spacial score (nSPS) is 11.6. The molecule has 3 N–H and O–H groups in total. The Morgan fingerprint density at radius 3 is 2.61 bits per heavy atom. The highest BCUT2D eigenvalue weighted by molar-refractivity contribution is 9.10. The van der Waals surface area contributed by atoms with Crippen molar-refractivity contribution in [3.8, 4) is 11.5 Å². The minimum Gasteiger partial charge on any atom is -0.454 e. The number of ether oxygens (including phenoxy) is 2. The van der Waals surface area contributed by atoms with Crippen LogP contribution in [0.1, 0.15) is 15.9 Å². The van der Waals surface area contributed by atoms with Crippen molar-refractivity contribution in [3.05, 3.63) is 74.5 Å². The Kier molecular flexibility index (Phi) is 5.80. The van der Waals surface area contributed by atoms with Crippen molar-refractivity contribution in [2.24, 2.45) is 0 Å². The lowest BCUT2D eigenvalue weighted by molar-refractivity contribution is -0.383. The molecule has 12 heteroatoms. The van der Waals surface area contributed by atoms with Crippen molar-refractivity contribution in [1.82, 2.24) is 15.4 Å². The number of amides is 1. The van der Waals surface area contributed by atoms with Gasteiger partial charge in [-0.15, -0.1) is 0 Å². The number of anilines is 2. The highest BCUT2D eigenvalue weighted by Crippen LogP contribution is 2.33. The first kappa shape index (κ1) is 20.3. The number of halogens is 1. The van der Waals surface area contributed by atoms with Gasteiger partial charge < -0.3 is 14.8 Å². The van der Waals surface area contributed by atoms with E-state index in [9.17, 15) is 14.9 Å². The lowest BCUT2D eigenvalue weighted by Crippen LogP contribution is -2.30. The number of carbonyl (C=O) groups excluding carboxylic acids is 1. The molecule has 2 heterocycles. The van der Waals surface area contributed by atoms with Gasteiger partial charge in [0.15, 0.2) is 11.5 Å². The number of nitro groups is 1. The lowest BCUT2D eigenvalue weighted by Gasteiger charge is -2.11. The summed E-state index contributed by atoms with van der Waals surface area (Å²) in [6, 6.07) is 12.0. The Morgan fingerprint density at radius 2 is 1.84 bits per heavy atom. The van der Waals surface area contributed by atoms with E-state index in [1.165, 1.54) is 0 Å². The van der Waals surface area contributed by atoms with Crippen LogP contribution in [0.5, 0.6) is 11.5 Å². The first-order valence-electron chi connectivity index (χ1n) is 8.95. The third-order valence-corrected chi connectivity index (χ3v) is 4.83. The Hall–Kier alpha value is -3.93. The molecular weight excluding hydrogens is 472 g/mol. The van der Waals surface area contributed by atoms with Crippen molar-refractivity contribution < 1.29 is 19.2 Å². The molecule has 1 amide bonds. The molecule has 1 aromatic heterocycles. The van der Waals surface area contributed by atoms with Gasteiger partial charge in [0.2, 0.25) is 18.4 Å². The minimum atomic E-state index is -0.629. The molecule has 0 saturated carbocycles. The standard InChI is InChI=1S/C19H15BrN6O5/c20-13-4-2-12(3-5-13)19(27)25-24-18-16(26(28)29)17(22-9-23-18)21-8-11-1-6-14-15(7-11)31-10-30-14/h1-7,9H,8,10H2,(H,25,27)(H2,21,22,23,24). The van der Waals surface area contributed by atoms with Gasteiger partial charge in [-0.3, -0.25) is 25.8 Å². The molecular formula is C19H15BrN6O5. The van der Waals surface area contributed by atoms with Crippen LogP contribution < -0.4 is 25.6 Å². The summed E-state index contributed by atoms with van der Waals surface area (Å²) in [6.45, 7) is 0.407. The van der Waals surface area contributed by atoms with Gasteiger partial charge in [0.05, 0.1) is 4.92 Å². The molecule has 158 valence electrons. The summed E-state index contributed by atoms with van der Waals surface area (Å²) in [4.78, 5) is 31.1. The minimum absolute atomic E-state index is 0.00180. The number of benzene rings is 2. The predicted octanol–water partition coefficient (Wildman–Crippen LogP) is 3.25. The van der Waals surface area contributed by atoms with Gasteiger partial charge in [-0.2, -0.15) is 0 Å². The van der Waals surface area contributed by atoms with Crippen LogP contribution in [0.4, 0.5) is 17.3 Å². The molecule has 0 fully saturated rings. The molecule has 0 unspecified atom stereocenters. The molecule has 0 atom stereocenters. The zero-order valence-electron chi connectivity index (χ0n) is 15.8. The monoisotopic (exact) mass is 486 g/mol. The fourth-order valence-electron chi connectivity index (χ4n) is 2.80. The molecule has 0 radical (unpaired) electrons. The van der Waals surface area contributed by atoms with Crippen LogP contribution in [0, 0.1) is 10.1 Å². The zero-order chi connectivity index (χ0) is 21.8. The van der Waals surface area contributed by atoms with Crippen LogP contribution in [0.2, 0.25) is 0 Å². The number of nitrogens with one attached hydrogen (secondary N) is 3. The molecule has 0 aliphatic carbocycles. The molecule has 3 aromatic rings. The summed E-state index contributed by atoms with van der Waals surface area (Å²) in [6.07, 6.45) is 1.16. The van der Waals surface area contributed by atoms with Crippen LogP contribution in [0.25, 0.3) is 0 Å². The number of rotatable bonds is 7. The molecule has 31 heavy (non-hydrogen) atoms.